The van der Waals surface area contributed by atoms with E-state index in [4.69, 9.17) is 22.9 Å². The standard InChI is InChI=1S/C52H75N13O10S2/c1-2-3-19-35-45(70)63-38(28-41(53)66)48(73)64-39(50(75)65-25-14-21-40(65)49(74)61-34(20-13-24-57-51(55)56)44(69)58-30-42(54)67)31-76-77-52(22-11-6-12-23-52)29-43(68)59-36(26-32-15-7-4-8-16-32)46(71)62-37(47(72)60-35)27-33-17-9-5-10-18-33/h4-5,7-10,15-18,34-40H,2-3,6,11-14,19-31H2,1H3,(H2,53,66)(H2,54,67)(H,58,69)(H,59,68)(H,60,72)(H,61,74)(H,62,71)(H,63,70)(H,64,73)(H4,55,56,57)/t34-,35-,36+,37-,38-,39-,40-/m0/s1. The van der Waals surface area contributed by atoms with Crippen molar-refractivity contribution in [3.8, 4) is 0 Å². The zero-order valence-corrected chi connectivity index (χ0v) is 45.2. The molecule has 2 heterocycles. The molecule has 1 saturated carbocycles. The zero-order chi connectivity index (χ0) is 55.9. The molecule has 5 rings (SSSR count). The lowest BCUT2D eigenvalue weighted by Crippen LogP contribution is -2.61. The first-order valence-electron chi connectivity index (χ1n) is 26.3. The maximum Gasteiger partial charge on any atom is 0.246 e. The van der Waals surface area contributed by atoms with E-state index in [1.165, 1.54) is 26.5 Å². The number of primary amides is 2. The zero-order valence-electron chi connectivity index (χ0n) is 43.6. The Morgan fingerprint density at radius 2 is 1.31 bits per heavy atom. The molecule has 0 radical (unpaired) electrons. The van der Waals surface area contributed by atoms with E-state index in [9.17, 15) is 47.9 Å². The van der Waals surface area contributed by atoms with Crippen molar-refractivity contribution in [2.75, 3.05) is 25.4 Å². The van der Waals surface area contributed by atoms with Crippen molar-refractivity contribution in [2.24, 2.45) is 27.9 Å². The first kappa shape index (κ1) is 61.0. The van der Waals surface area contributed by atoms with Gasteiger partial charge in [0.05, 0.1) is 13.0 Å². The van der Waals surface area contributed by atoms with Crippen LogP contribution in [0.3, 0.4) is 0 Å². The van der Waals surface area contributed by atoms with Gasteiger partial charge in [-0.3, -0.25) is 52.9 Å². The molecule has 0 unspecified atom stereocenters. The topological polar surface area (TPSA) is 375 Å². The van der Waals surface area contributed by atoms with E-state index in [2.05, 4.69) is 42.2 Å². The van der Waals surface area contributed by atoms with Crippen LogP contribution in [0.1, 0.15) is 108 Å². The number of nitrogens with zero attached hydrogens (tertiary/aromatic N) is 2. The number of unbranched alkanes of at least 4 members (excludes halogenated alkanes) is 1. The molecule has 15 N–H and O–H groups in total. The van der Waals surface area contributed by atoms with E-state index in [0.717, 1.165) is 24.8 Å². The molecule has 1 spiro atoms. The van der Waals surface area contributed by atoms with E-state index in [1.54, 1.807) is 30.3 Å². The Hall–Kier alpha value is -6.89. The maximum absolute atomic E-state index is 14.9. The van der Waals surface area contributed by atoms with Crippen LogP contribution >= 0.6 is 21.6 Å². The molecule has 1 aliphatic carbocycles. The van der Waals surface area contributed by atoms with E-state index >= 15 is 0 Å². The van der Waals surface area contributed by atoms with Crippen molar-refractivity contribution in [2.45, 2.75) is 157 Å². The molecule has 3 aliphatic rings. The average molecular weight is 1110 g/mol. The summed E-state index contributed by atoms with van der Waals surface area (Å²) in [5, 5.41) is 19.1. The fourth-order valence-corrected chi connectivity index (χ4v) is 12.9. The summed E-state index contributed by atoms with van der Waals surface area (Å²) < 4.78 is -0.688. The van der Waals surface area contributed by atoms with Crippen LogP contribution < -0.4 is 60.2 Å². The molecule has 10 amide bonds. The van der Waals surface area contributed by atoms with E-state index in [1.807, 2.05) is 37.3 Å². The summed E-state index contributed by atoms with van der Waals surface area (Å²) in [7, 11) is 2.61. The molecule has 3 fully saturated rings. The summed E-state index contributed by atoms with van der Waals surface area (Å²) >= 11 is 0. The number of hydrogen-bond acceptors (Lipinski definition) is 13. The molecule has 2 aliphatic heterocycles. The van der Waals surface area contributed by atoms with Crippen LogP contribution in [0.2, 0.25) is 0 Å². The van der Waals surface area contributed by atoms with Crippen LogP contribution in [-0.2, 0) is 60.8 Å². The van der Waals surface area contributed by atoms with Crippen molar-refractivity contribution >= 4 is 86.6 Å². The maximum atomic E-state index is 14.9. The molecule has 25 heteroatoms. The molecular formula is C52H75N13O10S2. The molecule has 0 bridgehead atoms. The lowest BCUT2D eigenvalue weighted by Gasteiger charge is -2.37. The second-order valence-corrected chi connectivity index (χ2v) is 22.5. The van der Waals surface area contributed by atoms with Crippen molar-refractivity contribution in [3.05, 3.63) is 71.8 Å². The van der Waals surface area contributed by atoms with Gasteiger partial charge in [-0.2, -0.15) is 0 Å². The van der Waals surface area contributed by atoms with E-state index < -0.39 is 119 Å². The van der Waals surface area contributed by atoms with Crippen molar-refractivity contribution in [1.82, 2.24) is 42.1 Å². The molecule has 23 nitrogen and oxygen atoms in total. The average Bonchev–Trinajstić information content (AvgIpc) is 3.90. The highest BCUT2D eigenvalue weighted by atomic mass is 33.1. The number of carbonyl (C=O) groups excluding carboxylic acids is 10. The van der Waals surface area contributed by atoms with Crippen LogP contribution in [0.4, 0.5) is 0 Å². The Bertz CT molecular complexity index is 2410. The third-order valence-corrected chi connectivity index (χ3v) is 16.9. The van der Waals surface area contributed by atoms with Crippen LogP contribution in [0.25, 0.3) is 0 Å². The monoisotopic (exact) mass is 1110 g/mol. The van der Waals surface area contributed by atoms with Gasteiger partial charge in [0, 0.05) is 42.9 Å². The summed E-state index contributed by atoms with van der Waals surface area (Å²) in [4.78, 5) is 144. The van der Waals surface area contributed by atoms with Gasteiger partial charge in [0.25, 0.3) is 0 Å². The molecule has 0 aromatic heterocycles. The lowest BCUT2D eigenvalue weighted by molar-refractivity contribution is -0.142. The van der Waals surface area contributed by atoms with Gasteiger partial charge in [-0.25, -0.2) is 0 Å². The van der Waals surface area contributed by atoms with Crippen LogP contribution in [0, 0.1) is 0 Å². The Morgan fingerprint density at radius 3 is 1.91 bits per heavy atom. The second-order valence-electron chi connectivity index (χ2n) is 19.7. The van der Waals surface area contributed by atoms with Gasteiger partial charge in [-0.05, 0) is 56.1 Å². The van der Waals surface area contributed by atoms with Gasteiger partial charge >= 0.3 is 0 Å². The van der Waals surface area contributed by atoms with Gasteiger partial charge in [0.1, 0.15) is 42.3 Å². The first-order chi connectivity index (χ1) is 36.9. The number of guanidine groups is 1. The predicted octanol–water partition coefficient (Wildman–Crippen LogP) is -0.420. The third kappa shape index (κ3) is 19.9. The summed E-state index contributed by atoms with van der Waals surface area (Å²) in [5.74, 6) is -7.67. The number of hydrogen-bond donors (Lipinski definition) is 11. The minimum absolute atomic E-state index is 0.0114. The summed E-state index contributed by atoms with van der Waals surface area (Å²) in [5.41, 5.74) is 23.3. The highest BCUT2D eigenvalue weighted by molar-refractivity contribution is 8.77. The van der Waals surface area contributed by atoms with Gasteiger partial charge in [0.2, 0.25) is 59.1 Å². The first-order valence-corrected chi connectivity index (χ1v) is 28.6. The lowest BCUT2D eigenvalue weighted by atomic mass is 9.85. The molecule has 77 heavy (non-hydrogen) atoms. The molecule has 420 valence electrons. The minimum Gasteiger partial charge on any atom is -0.370 e. The van der Waals surface area contributed by atoms with Gasteiger partial charge in [-0.1, -0.05) is 121 Å². The number of amides is 10. The van der Waals surface area contributed by atoms with E-state index in [0.29, 0.717) is 37.7 Å². The fourth-order valence-electron chi connectivity index (χ4n) is 9.56. The number of nitrogens with one attached hydrogen (secondary N) is 7. The largest absolute Gasteiger partial charge is 0.370 e. The number of likely N-dealkylation sites (tertiary alicyclic amines) is 1. The highest BCUT2D eigenvalue weighted by Crippen LogP contribution is 2.48. The molecule has 7 atom stereocenters. The highest BCUT2D eigenvalue weighted by Gasteiger charge is 2.42. The quantitative estimate of drug-likeness (QED) is 0.0369. The number of aliphatic imine (C=N–C) groups is 1. The molecule has 2 saturated heterocycles. The van der Waals surface area contributed by atoms with Crippen LogP contribution in [-0.4, -0.2) is 142 Å². The summed E-state index contributed by atoms with van der Waals surface area (Å²) in [6.45, 7) is 1.59. The molecule has 2 aromatic carbocycles. The van der Waals surface area contributed by atoms with Crippen molar-refractivity contribution in [3.63, 3.8) is 0 Å². The second kappa shape index (κ2) is 30.7. The van der Waals surface area contributed by atoms with Crippen LogP contribution in [0.5, 0.6) is 0 Å². The Morgan fingerprint density at radius 1 is 0.727 bits per heavy atom. The fraction of sp³-hybridized carbons (Fsp3) is 0.558. The van der Waals surface area contributed by atoms with Crippen molar-refractivity contribution in [1.29, 1.82) is 0 Å². The van der Waals surface area contributed by atoms with E-state index in [-0.39, 0.29) is 69.7 Å². The SMILES string of the molecule is CCCC[C@@H]1NC(=O)[C@H](Cc2ccccc2)NC(=O)[C@@H](Cc2ccccc2)NC(=O)CC2(CCCCC2)SSC[C@@H](C(=O)N2CCC[C@H]2C(=O)N[C@@H](CCCN=C(N)N)C(=O)NCC(N)=O)NC(=O)[C@H](CC(N)=O)NC1=O. The van der Waals surface area contributed by atoms with Crippen LogP contribution in [0.15, 0.2) is 65.7 Å². The number of rotatable bonds is 19. The smallest absolute Gasteiger partial charge is 0.246 e. The minimum atomic E-state index is -1.64. The number of carbonyl (C=O) groups is 10. The Kier molecular flexibility index (Phi) is 24.3. The number of nitrogens with two attached hydrogens (primary N) is 4. The van der Waals surface area contributed by atoms with Gasteiger partial charge < -0.3 is 65.1 Å². The Balaban J connectivity index is 1.51. The number of benzene rings is 2. The molecular weight excluding hydrogens is 1030 g/mol. The Labute approximate surface area is 456 Å². The van der Waals surface area contributed by atoms with Gasteiger partial charge in [0.15, 0.2) is 5.96 Å². The summed E-state index contributed by atoms with van der Waals surface area (Å²) in [6, 6.07) is 9.12. The van der Waals surface area contributed by atoms with Crippen molar-refractivity contribution < 1.29 is 47.9 Å². The summed E-state index contributed by atoms with van der Waals surface area (Å²) in [6.07, 6.45) is 5.11. The third-order valence-electron chi connectivity index (χ3n) is 13.6. The predicted molar refractivity (Wildman–Crippen MR) is 293 cm³/mol. The normalized spacial score (nSPS) is 23.1. The molecule has 2 aromatic rings. The van der Waals surface area contributed by atoms with Gasteiger partial charge in [-0.15, -0.1) is 0 Å².